The van der Waals surface area contributed by atoms with Gasteiger partial charge in [0.25, 0.3) is 0 Å². The molecule has 0 aliphatic heterocycles. The second-order valence-electron chi connectivity index (χ2n) is 5.05. The summed E-state index contributed by atoms with van der Waals surface area (Å²) in [4.78, 5) is 4.00. The molecular formula is C17H17ClN4. The highest BCUT2D eigenvalue weighted by Gasteiger charge is 2.12. The number of aromatic nitrogens is 3. The van der Waals surface area contributed by atoms with Crippen molar-refractivity contribution in [3.63, 3.8) is 0 Å². The Hall–Kier alpha value is -2.17. The van der Waals surface area contributed by atoms with Gasteiger partial charge >= 0.3 is 0 Å². The van der Waals surface area contributed by atoms with Crippen molar-refractivity contribution in [3.05, 3.63) is 83.4 Å². The summed E-state index contributed by atoms with van der Waals surface area (Å²) in [5.41, 5.74) is 2.30. The fourth-order valence-corrected chi connectivity index (χ4v) is 2.56. The minimum absolute atomic E-state index is 0.138. The van der Waals surface area contributed by atoms with Gasteiger partial charge in [-0.2, -0.15) is 5.10 Å². The molecule has 0 radical (unpaired) electrons. The molecule has 2 aromatic carbocycles. The van der Waals surface area contributed by atoms with Gasteiger partial charge in [-0.05, 0) is 17.2 Å². The first-order valence-corrected chi connectivity index (χ1v) is 7.55. The Morgan fingerprint density at radius 3 is 2.55 bits per heavy atom. The van der Waals surface area contributed by atoms with Crippen LogP contribution in [-0.4, -0.2) is 14.8 Å². The van der Waals surface area contributed by atoms with Gasteiger partial charge in [0.1, 0.15) is 12.7 Å². The normalized spacial score (nSPS) is 12.2. The highest BCUT2D eigenvalue weighted by atomic mass is 35.5. The van der Waals surface area contributed by atoms with E-state index in [1.54, 1.807) is 12.7 Å². The van der Waals surface area contributed by atoms with Crippen molar-refractivity contribution in [1.82, 2.24) is 20.1 Å². The van der Waals surface area contributed by atoms with Gasteiger partial charge in [0, 0.05) is 11.6 Å². The van der Waals surface area contributed by atoms with Gasteiger partial charge in [-0.1, -0.05) is 60.1 Å². The van der Waals surface area contributed by atoms with Crippen LogP contribution in [0.3, 0.4) is 0 Å². The highest BCUT2D eigenvalue weighted by molar-refractivity contribution is 6.31. The van der Waals surface area contributed by atoms with Crippen LogP contribution in [-0.2, 0) is 13.1 Å². The van der Waals surface area contributed by atoms with Crippen molar-refractivity contribution in [2.45, 2.75) is 19.1 Å². The maximum atomic E-state index is 6.23. The van der Waals surface area contributed by atoms with Crippen LogP contribution in [0, 0.1) is 0 Å². The number of nitrogens with one attached hydrogen (secondary N) is 1. The standard InChI is InChI=1S/C17H17ClN4/c18-16-9-5-4-8-15(16)10-20-17(11-22-13-19-12-21-22)14-6-2-1-3-7-14/h1-9,12-13,17,20H,10-11H2. The number of nitrogens with zero attached hydrogens (tertiary/aromatic N) is 3. The molecule has 0 saturated heterocycles. The molecule has 1 unspecified atom stereocenters. The molecule has 0 saturated carbocycles. The van der Waals surface area contributed by atoms with E-state index in [0.29, 0.717) is 13.1 Å². The van der Waals surface area contributed by atoms with Crippen molar-refractivity contribution < 1.29 is 0 Å². The van der Waals surface area contributed by atoms with Crippen molar-refractivity contribution >= 4 is 11.6 Å². The largest absolute Gasteiger partial charge is 0.304 e. The maximum absolute atomic E-state index is 6.23. The van der Waals surface area contributed by atoms with Crippen LogP contribution in [0.4, 0.5) is 0 Å². The second-order valence-corrected chi connectivity index (χ2v) is 5.46. The summed E-state index contributed by atoms with van der Waals surface area (Å²) in [6, 6.07) is 18.3. The molecule has 1 aromatic heterocycles. The number of rotatable bonds is 6. The minimum Gasteiger partial charge on any atom is -0.304 e. The Bertz CT molecular complexity index is 698. The lowest BCUT2D eigenvalue weighted by Crippen LogP contribution is -2.25. The first-order chi connectivity index (χ1) is 10.8. The zero-order valence-corrected chi connectivity index (χ0v) is 12.8. The van der Waals surface area contributed by atoms with Gasteiger partial charge in [0.15, 0.2) is 0 Å². The summed E-state index contributed by atoms with van der Waals surface area (Å²) in [5, 5.41) is 8.53. The van der Waals surface area contributed by atoms with E-state index in [1.165, 1.54) is 5.56 Å². The lowest BCUT2D eigenvalue weighted by atomic mass is 10.1. The molecule has 0 bridgehead atoms. The van der Waals surface area contributed by atoms with E-state index in [-0.39, 0.29) is 6.04 Å². The SMILES string of the molecule is Clc1ccccc1CNC(Cn1cncn1)c1ccccc1. The summed E-state index contributed by atoms with van der Waals surface area (Å²) in [6.07, 6.45) is 3.28. The van der Waals surface area contributed by atoms with Crippen molar-refractivity contribution in [3.8, 4) is 0 Å². The molecule has 0 aliphatic rings. The molecule has 0 aliphatic carbocycles. The van der Waals surface area contributed by atoms with Crippen LogP contribution in [0.5, 0.6) is 0 Å². The van der Waals surface area contributed by atoms with Crippen LogP contribution in [0.15, 0.2) is 67.3 Å². The predicted octanol–water partition coefficient (Wildman–Crippen LogP) is 3.46. The van der Waals surface area contributed by atoms with Crippen LogP contribution < -0.4 is 5.32 Å². The quantitative estimate of drug-likeness (QED) is 0.758. The summed E-state index contributed by atoms with van der Waals surface area (Å²) in [6.45, 7) is 1.42. The van der Waals surface area contributed by atoms with E-state index in [0.717, 1.165) is 10.6 Å². The molecule has 22 heavy (non-hydrogen) atoms. The molecule has 0 fully saturated rings. The molecule has 1 heterocycles. The fourth-order valence-electron chi connectivity index (χ4n) is 2.36. The summed E-state index contributed by atoms with van der Waals surface area (Å²) >= 11 is 6.23. The van der Waals surface area contributed by atoms with Gasteiger partial charge in [-0.3, -0.25) is 4.68 Å². The van der Waals surface area contributed by atoms with Crippen LogP contribution in [0.1, 0.15) is 17.2 Å². The number of halogens is 1. The number of hydrogen-bond acceptors (Lipinski definition) is 3. The third kappa shape index (κ3) is 3.72. The molecule has 1 N–H and O–H groups in total. The second kappa shape index (κ2) is 7.20. The predicted molar refractivity (Wildman–Crippen MR) is 87.5 cm³/mol. The maximum Gasteiger partial charge on any atom is 0.137 e. The van der Waals surface area contributed by atoms with Gasteiger partial charge < -0.3 is 5.32 Å². The van der Waals surface area contributed by atoms with Crippen LogP contribution in [0.2, 0.25) is 5.02 Å². The molecular weight excluding hydrogens is 296 g/mol. The Morgan fingerprint density at radius 2 is 1.82 bits per heavy atom. The zero-order valence-electron chi connectivity index (χ0n) is 12.1. The molecule has 0 amide bonds. The first-order valence-electron chi connectivity index (χ1n) is 7.17. The Morgan fingerprint density at radius 1 is 1.05 bits per heavy atom. The number of hydrogen-bond donors (Lipinski definition) is 1. The fraction of sp³-hybridized carbons (Fsp3) is 0.176. The van der Waals surface area contributed by atoms with Gasteiger partial charge in [0.2, 0.25) is 0 Å². The molecule has 5 heteroatoms. The lowest BCUT2D eigenvalue weighted by Gasteiger charge is -2.19. The molecule has 4 nitrogen and oxygen atoms in total. The Labute approximate surface area is 134 Å². The van der Waals surface area contributed by atoms with E-state index >= 15 is 0 Å². The number of benzene rings is 2. The van der Waals surface area contributed by atoms with Gasteiger partial charge in [-0.15, -0.1) is 0 Å². The lowest BCUT2D eigenvalue weighted by molar-refractivity contribution is 0.437. The monoisotopic (exact) mass is 312 g/mol. The zero-order chi connectivity index (χ0) is 15.2. The topological polar surface area (TPSA) is 42.7 Å². The highest BCUT2D eigenvalue weighted by Crippen LogP contribution is 2.18. The summed E-state index contributed by atoms with van der Waals surface area (Å²) < 4.78 is 1.83. The van der Waals surface area contributed by atoms with Crippen LogP contribution in [0.25, 0.3) is 0 Å². The van der Waals surface area contributed by atoms with Crippen LogP contribution >= 0.6 is 11.6 Å². The molecule has 3 rings (SSSR count). The molecule has 3 aromatic rings. The Balaban J connectivity index is 1.75. The molecule has 112 valence electrons. The van der Waals surface area contributed by atoms with E-state index in [9.17, 15) is 0 Å². The average Bonchev–Trinajstić information content (AvgIpc) is 3.07. The smallest absolute Gasteiger partial charge is 0.137 e. The minimum atomic E-state index is 0.138. The molecule has 0 spiro atoms. The Kier molecular flexibility index (Phi) is 4.83. The van der Waals surface area contributed by atoms with E-state index in [1.807, 2.05) is 47.1 Å². The third-order valence-corrected chi connectivity index (χ3v) is 3.90. The third-order valence-electron chi connectivity index (χ3n) is 3.53. The van der Waals surface area contributed by atoms with Crippen molar-refractivity contribution in [2.24, 2.45) is 0 Å². The summed E-state index contributed by atoms with van der Waals surface area (Å²) in [7, 11) is 0. The van der Waals surface area contributed by atoms with E-state index < -0.39 is 0 Å². The van der Waals surface area contributed by atoms with E-state index in [2.05, 4.69) is 27.5 Å². The van der Waals surface area contributed by atoms with Crippen molar-refractivity contribution in [2.75, 3.05) is 0 Å². The van der Waals surface area contributed by atoms with Gasteiger partial charge in [0.05, 0.1) is 12.6 Å². The molecule has 1 atom stereocenters. The van der Waals surface area contributed by atoms with E-state index in [4.69, 9.17) is 11.6 Å². The summed E-state index contributed by atoms with van der Waals surface area (Å²) in [5.74, 6) is 0. The first kappa shape index (κ1) is 14.8. The van der Waals surface area contributed by atoms with Crippen molar-refractivity contribution in [1.29, 1.82) is 0 Å². The average molecular weight is 313 g/mol. The van der Waals surface area contributed by atoms with Gasteiger partial charge in [-0.25, -0.2) is 4.98 Å².